The van der Waals surface area contributed by atoms with Gasteiger partial charge in [0, 0.05) is 11.9 Å². The first-order chi connectivity index (χ1) is 11.7. The van der Waals surface area contributed by atoms with Gasteiger partial charge in [-0.2, -0.15) is 15.3 Å². The van der Waals surface area contributed by atoms with Crippen LogP contribution in [0, 0.1) is 22.7 Å². The van der Waals surface area contributed by atoms with Crippen molar-refractivity contribution in [3.8, 4) is 17.8 Å². The number of anilines is 1. The van der Waals surface area contributed by atoms with Crippen molar-refractivity contribution >= 4 is 16.7 Å². The monoisotopic (exact) mass is 314 g/mol. The van der Waals surface area contributed by atoms with E-state index in [0.29, 0.717) is 0 Å². The highest BCUT2D eigenvalue weighted by Gasteiger charge is 2.05. The number of nitrogens with one attached hydrogen (secondary N) is 1. The number of benzene rings is 2. The molecule has 0 saturated carbocycles. The van der Waals surface area contributed by atoms with Crippen LogP contribution in [0.4, 0.5) is 5.69 Å². The Bertz CT molecular complexity index is 967. The van der Waals surface area contributed by atoms with Gasteiger partial charge in [-0.1, -0.05) is 19.1 Å². The Hall–Kier alpha value is -3.64. The fourth-order valence-corrected chi connectivity index (χ4v) is 2.23. The van der Waals surface area contributed by atoms with Crippen LogP contribution >= 0.6 is 0 Å². The van der Waals surface area contributed by atoms with E-state index in [1.165, 1.54) is 11.8 Å². The number of hydrogen-bond acceptors (Lipinski definition) is 5. The van der Waals surface area contributed by atoms with Crippen LogP contribution in [0.2, 0.25) is 0 Å². The zero-order valence-electron chi connectivity index (χ0n) is 13.1. The molecule has 0 aliphatic heterocycles. The van der Waals surface area contributed by atoms with Crippen LogP contribution in [0.1, 0.15) is 12.5 Å². The first-order valence-electron chi connectivity index (χ1n) is 7.47. The number of hydrogen-bond donors (Lipinski definition) is 1. The van der Waals surface area contributed by atoms with Gasteiger partial charge in [0.15, 0.2) is 0 Å². The Morgan fingerprint density at radius 1 is 1.08 bits per heavy atom. The molecule has 0 radical (unpaired) electrons. The maximum absolute atomic E-state index is 8.74. The number of rotatable bonds is 4. The Labute approximate surface area is 139 Å². The highest BCUT2D eigenvalue weighted by atomic mass is 15.5. The summed E-state index contributed by atoms with van der Waals surface area (Å²) in [7, 11) is 0. The highest BCUT2D eigenvalue weighted by molar-refractivity contribution is 5.78. The third-order valence-corrected chi connectivity index (χ3v) is 3.58. The lowest BCUT2D eigenvalue weighted by atomic mass is 10.2. The van der Waals surface area contributed by atoms with Crippen LogP contribution in [0.3, 0.4) is 0 Å². The maximum atomic E-state index is 8.74. The van der Waals surface area contributed by atoms with E-state index in [2.05, 4.69) is 34.6 Å². The summed E-state index contributed by atoms with van der Waals surface area (Å²) in [5.74, 6) is 0. The minimum atomic E-state index is 0.00904. The summed E-state index contributed by atoms with van der Waals surface area (Å²) in [4.78, 5) is 1.60. The molecule has 0 aliphatic rings. The van der Waals surface area contributed by atoms with Crippen LogP contribution < -0.4 is 5.32 Å². The predicted octanol–water partition coefficient (Wildman–Crippen LogP) is 3.33. The lowest BCUT2D eigenvalue weighted by Gasteiger charge is -2.00. The molecule has 1 N–H and O–H groups in total. The quantitative estimate of drug-likeness (QED) is 0.746. The molecule has 0 spiro atoms. The number of fused-ring (bicyclic) bond motifs is 1. The van der Waals surface area contributed by atoms with Crippen molar-refractivity contribution in [1.29, 1.82) is 10.5 Å². The Balaban J connectivity index is 1.90. The standard InChI is InChI=1S/C18H14N6/c1-2-13-3-6-16(7-4-13)24-22-17-8-5-15(9-18(17)23-24)21-12-14(10-19)11-20/h3-9,12,21H,2H2,1H3. The van der Waals surface area contributed by atoms with E-state index < -0.39 is 0 Å². The van der Waals surface area contributed by atoms with Gasteiger partial charge in [0.2, 0.25) is 0 Å². The average Bonchev–Trinajstić information content (AvgIpc) is 3.06. The van der Waals surface area contributed by atoms with Crippen LogP contribution in [0.25, 0.3) is 16.7 Å². The summed E-state index contributed by atoms with van der Waals surface area (Å²) in [5.41, 5.74) is 4.40. The van der Waals surface area contributed by atoms with E-state index in [1.807, 2.05) is 30.3 Å². The van der Waals surface area contributed by atoms with E-state index in [0.717, 1.165) is 28.8 Å². The molecule has 116 valence electrons. The van der Waals surface area contributed by atoms with Crippen LogP contribution in [0.15, 0.2) is 54.2 Å². The van der Waals surface area contributed by atoms with Gasteiger partial charge in [-0.15, -0.1) is 10.2 Å². The van der Waals surface area contributed by atoms with Gasteiger partial charge in [-0.05, 0) is 42.3 Å². The van der Waals surface area contributed by atoms with Crippen molar-refractivity contribution in [2.24, 2.45) is 0 Å². The van der Waals surface area contributed by atoms with Gasteiger partial charge >= 0.3 is 0 Å². The highest BCUT2D eigenvalue weighted by Crippen LogP contribution is 2.18. The molecule has 1 heterocycles. The fourth-order valence-electron chi connectivity index (χ4n) is 2.23. The molecule has 0 bridgehead atoms. The Kier molecular flexibility index (Phi) is 4.22. The molecule has 24 heavy (non-hydrogen) atoms. The number of nitriles is 2. The van der Waals surface area contributed by atoms with E-state index in [9.17, 15) is 0 Å². The Morgan fingerprint density at radius 2 is 1.79 bits per heavy atom. The van der Waals surface area contributed by atoms with Crippen molar-refractivity contribution in [1.82, 2.24) is 15.0 Å². The van der Waals surface area contributed by atoms with Gasteiger partial charge in [0.1, 0.15) is 28.7 Å². The molecule has 0 amide bonds. The van der Waals surface area contributed by atoms with Gasteiger partial charge in [0.05, 0.1) is 5.69 Å². The number of aromatic nitrogens is 3. The molecule has 2 aromatic carbocycles. The van der Waals surface area contributed by atoms with Crippen molar-refractivity contribution in [2.45, 2.75) is 13.3 Å². The summed E-state index contributed by atoms with van der Waals surface area (Å²) in [6.45, 7) is 2.11. The maximum Gasteiger partial charge on any atom is 0.145 e. The summed E-state index contributed by atoms with van der Waals surface area (Å²) in [5, 5.41) is 29.3. The summed E-state index contributed by atoms with van der Waals surface area (Å²) >= 11 is 0. The second kappa shape index (κ2) is 6.64. The molecule has 6 heteroatoms. The summed E-state index contributed by atoms with van der Waals surface area (Å²) in [6, 6.07) is 17.2. The second-order valence-corrected chi connectivity index (χ2v) is 5.14. The first-order valence-corrected chi connectivity index (χ1v) is 7.47. The molecule has 3 rings (SSSR count). The average molecular weight is 314 g/mol. The lowest BCUT2D eigenvalue weighted by molar-refractivity contribution is 0.765. The third-order valence-electron chi connectivity index (χ3n) is 3.58. The minimum absolute atomic E-state index is 0.00904. The van der Waals surface area contributed by atoms with E-state index >= 15 is 0 Å². The van der Waals surface area contributed by atoms with Crippen LogP contribution in [0.5, 0.6) is 0 Å². The van der Waals surface area contributed by atoms with Crippen LogP contribution in [-0.4, -0.2) is 15.0 Å². The molecule has 0 aliphatic carbocycles. The minimum Gasteiger partial charge on any atom is -0.360 e. The van der Waals surface area contributed by atoms with Gasteiger partial charge in [0.25, 0.3) is 0 Å². The van der Waals surface area contributed by atoms with E-state index in [4.69, 9.17) is 10.5 Å². The van der Waals surface area contributed by atoms with Gasteiger partial charge in [-0.3, -0.25) is 0 Å². The number of allylic oxidation sites excluding steroid dienone is 1. The number of nitrogens with zero attached hydrogens (tertiary/aromatic N) is 5. The largest absolute Gasteiger partial charge is 0.360 e. The van der Waals surface area contributed by atoms with E-state index in [-0.39, 0.29) is 5.57 Å². The van der Waals surface area contributed by atoms with Gasteiger partial charge < -0.3 is 5.32 Å². The SMILES string of the molecule is CCc1ccc(-n2nc3ccc(NC=C(C#N)C#N)cc3n2)cc1. The first kappa shape index (κ1) is 15.3. The summed E-state index contributed by atoms with van der Waals surface area (Å²) in [6.07, 6.45) is 2.36. The van der Waals surface area contributed by atoms with Crippen molar-refractivity contribution in [3.05, 3.63) is 59.8 Å². The summed E-state index contributed by atoms with van der Waals surface area (Å²) < 4.78 is 0. The molecular formula is C18H14N6. The fraction of sp³-hybridized carbons (Fsp3) is 0.111. The molecule has 0 unspecified atom stereocenters. The Morgan fingerprint density at radius 3 is 2.46 bits per heavy atom. The number of aryl methyl sites for hydroxylation is 1. The van der Waals surface area contributed by atoms with Gasteiger partial charge in [-0.25, -0.2) is 0 Å². The normalized spacial score (nSPS) is 9.96. The van der Waals surface area contributed by atoms with E-state index in [1.54, 1.807) is 16.9 Å². The third kappa shape index (κ3) is 3.08. The molecule has 0 atom stereocenters. The topological polar surface area (TPSA) is 90.3 Å². The second-order valence-electron chi connectivity index (χ2n) is 5.14. The molecule has 3 aromatic rings. The zero-order chi connectivity index (χ0) is 16.9. The zero-order valence-corrected chi connectivity index (χ0v) is 13.1. The molecular weight excluding hydrogens is 300 g/mol. The molecule has 6 nitrogen and oxygen atoms in total. The molecule has 1 aromatic heterocycles. The van der Waals surface area contributed by atoms with Crippen molar-refractivity contribution in [3.63, 3.8) is 0 Å². The van der Waals surface area contributed by atoms with Crippen LogP contribution in [-0.2, 0) is 6.42 Å². The molecule has 0 fully saturated rings. The smallest absolute Gasteiger partial charge is 0.145 e. The van der Waals surface area contributed by atoms with Crippen molar-refractivity contribution in [2.75, 3.05) is 5.32 Å². The lowest BCUT2D eigenvalue weighted by Crippen LogP contribution is -1.98. The van der Waals surface area contributed by atoms with Crippen molar-refractivity contribution < 1.29 is 0 Å². The predicted molar refractivity (Wildman–Crippen MR) is 91.2 cm³/mol. The molecule has 0 saturated heterocycles.